The van der Waals surface area contributed by atoms with Crippen molar-refractivity contribution in [2.45, 2.75) is 26.8 Å². The van der Waals surface area contributed by atoms with Crippen LogP contribution in [0.3, 0.4) is 0 Å². The van der Waals surface area contributed by atoms with Gasteiger partial charge in [-0.1, -0.05) is 30.3 Å². The molecule has 0 atom stereocenters. The number of carbonyl (C=O) groups excluding carboxylic acids is 1. The van der Waals surface area contributed by atoms with Crippen molar-refractivity contribution in [2.75, 3.05) is 5.73 Å². The third-order valence-corrected chi connectivity index (χ3v) is 3.22. The number of amides is 1. The highest BCUT2D eigenvalue weighted by atomic mass is 32.1. The molecule has 19 heavy (non-hydrogen) atoms. The molecule has 2 rings (SSSR count). The Morgan fingerprint density at radius 3 is 3.00 bits per heavy atom. The summed E-state index contributed by atoms with van der Waals surface area (Å²) in [5.74, 6) is 0.949. The molecule has 2 aromatic heterocycles. The SMILES string of the molecule is CC(C)Cc1cc(CNC(=O)c2cnc(N)s2)on1. The number of nitrogens with zero attached hydrogens (tertiary/aromatic N) is 2. The first-order chi connectivity index (χ1) is 9.04. The lowest BCUT2D eigenvalue weighted by Crippen LogP contribution is -2.21. The van der Waals surface area contributed by atoms with Crippen LogP contribution >= 0.6 is 11.3 Å². The molecule has 0 aromatic carbocycles. The zero-order chi connectivity index (χ0) is 13.8. The number of anilines is 1. The van der Waals surface area contributed by atoms with Gasteiger partial charge in [0.1, 0.15) is 4.88 Å². The lowest BCUT2D eigenvalue weighted by atomic mass is 10.1. The van der Waals surface area contributed by atoms with E-state index < -0.39 is 0 Å². The Morgan fingerprint density at radius 1 is 1.58 bits per heavy atom. The van der Waals surface area contributed by atoms with Crippen molar-refractivity contribution in [3.63, 3.8) is 0 Å². The van der Waals surface area contributed by atoms with Gasteiger partial charge in [0.2, 0.25) is 0 Å². The highest BCUT2D eigenvalue weighted by molar-refractivity contribution is 7.17. The molecular formula is C12H16N4O2S. The summed E-state index contributed by atoms with van der Waals surface area (Å²) in [5.41, 5.74) is 6.38. The number of rotatable bonds is 5. The van der Waals surface area contributed by atoms with Crippen LogP contribution in [0.2, 0.25) is 0 Å². The quantitative estimate of drug-likeness (QED) is 0.871. The smallest absolute Gasteiger partial charge is 0.263 e. The van der Waals surface area contributed by atoms with Gasteiger partial charge >= 0.3 is 0 Å². The Morgan fingerprint density at radius 2 is 2.37 bits per heavy atom. The molecule has 3 N–H and O–H groups in total. The molecule has 0 aliphatic rings. The average molecular weight is 280 g/mol. The van der Waals surface area contributed by atoms with Gasteiger partial charge < -0.3 is 15.6 Å². The third kappa shape index (κ3) is 3.78. The monoisotopic (exact) mass is 280 g/mol. The largest absolute Gasteiger partial charge is 0.375 e. The van der Waals surface area contributed by atoms with E-state index in [1.807, 2.05) is 6.07 Å². The minimum Gasteiger partial charge on any atom is -0.375 e. The van der Waals surface area contributed by atoms with E-state index in [1.165, 1.54) is 6.20 Å². The number of hydrogen-bond acceptors (Lipinski definition) is 6. The molecule has 0 aliphatic carbocycles. The second-order valence-electron chi connectivity index (χ2n) is 4.63. The molecule has 0 fully saturated rings. The Bertz CT molecular complexity index is 562. The van der Waals surface area contributed by atoms with Crippen LogP contribution in [0.1, 0.15) is 35.0 Å². The Hall–Kier alpha value is -1.89. The zero-order valence-electron chi connectivity index (χ0n) is 10.8. The molecule has 2 heterocycles. The van der Waals surface area contributed by atoms with E-state index in [4.69, 9.17) is 10.3 Å². The zero-order valence-corrected chi connectivity index (χ0v) is 11.7. The molecule has 2 aromatic rings. The van der Waals surface area contributed by atoms with Crippen LogP contribution in [-0.2, 0) is 13.0 Å². The van der Waals surface area contributed by atoms with Crippen molar-refractivity contribution in [3.05, 3.63) is 28.6 Å². The Balaban J connectivity index is 1.88. The van der Waals surface area contributed by atoms with Crippen LogP contribution in [0.4, 0.5) is 5.13 Å². The molecule has 0 unspecified atom stereocenters. The molecule has 0 aliphatic heterocycles. The summed E-state index contributed by atoms with van der Waals surface area (Å²) in [4.78, 5) is 16.1. The van der Waals surface area contributed by atoms with Crippen LogP contribution in [0.5, 0.6) is 0 Å². The summed E-state index contributed by atoms with van der Waals surface area (Å²) in [6.45, 7) is 4.54. The third-order valence-electron chi connectivity index (χ3n) is 2.40. The van der Waals surface area contributed by atoms with E-state index in [-0.39, 0.29) is 5.91 Å². The first kappa shape index (κ1) is 13.5. The van der Waals surface area contributed by atoms with Gasteiger partial charge in [-0.3, -0.25) is 4.79 Å². The van der Waals surface area contributed by atoms with Crippen LogP contribution in [0.25, 0.3) is 0 Å². The van der Waals surface area contributed by atoms with Crippen molar-refractivity contribution >= 4 is 22.4 Å². The maximum atomic E-state index is 11.8. The van der Waals surface area contributed by atoms with E-state index in [0.29, 0.717) is 28.2 Å². The summed E-state index contributed by atoms with van der Waals surface area (Å²) in [7, 11) is 0. The van der Waals surface area contributed by atoms with Gasteiger partial charge in [0.15, 0.2) is 10.9 Å². The van der Waals surface area contributed by atoms with Gasteiger partial charge in [-0.25, -0.2) is 4.98 Å². The maximum absolute atomic E-state index is 11.8. The molecule has 0 saturated carbocycles. The van der Waals surface area contributed by atoms with E-state index in [9.17, 15) is 4.79 Å². The first-order valence-electron chi connectivity index (χ1n) is 5.98. The number of nitrogens with one attached hydrogen (secondary N) is 1. The van der Waals surface area contributed by atoms with Crippen molar-refractivity contribution in [3.8, 4) is 0 Å². The Labute approximate surface area is 115 Å². The van der Waals surface area contributed by atoms with Crippen LogP contribution in [-0.4, -0.2) is 16.0 Å². The second kappa shape index (κ2) is 5.83. The van der Waals surface area contributed by atoms with E-state index in [0.717, 1.165) is 23.5 Å². The normalized spacial score (nSPS) is 10.9. The number of carbonyl (C=O) groups is 1. The molecule has 0 bridgehead atoms. The van der Waals surface area contributed by atoms with Gasteiger partial charge in [-0.05, 0) is 12.3 Å². The van der Waals surface area contributed by atoms with Crippen molar-refractivity contribution in [1.82, 2.24) is 15.5 Å². The standard InChI is InChI=1S/C12H16N4O2S/c1-7(2)3-8-4-9(18-16-8)5-14-11(17)10-6-15-12(13)19-10/h4,6-7H,3,5H2,1-2H3,(H2,13,15)(H,14,17). The Kier molecular flexibility index (Phi) is 4.16. The fraction of sp³-hybridized carbons (Fsp3) is 0.417. The number of nitrogens with two attached hydrogens (primary N) is 1. The molecular weight excluding hydrogens is 264 g/mol. The number of aromatic nitrogens is 2. The molecule has 102 valence electrons. The highest BCUT2D eigenvalue weighted by Gasteiger charge is 2.11. The van der Waals surface area contributed by atoms with Crippen molar-refractivity contribution < 1.29 is 9.32 Å². The first-order valence-corrected chi connectivity index (χ1v) is 6.80. The van der Waals surface area contributed by atoms with Gasteiger partial charge in [0.25, 0.3) is 5.91 Å². The molecule has 7 heteroatoms. The summed E-state index contributed by atoms with van der Waals surface area (Å²) in [6, 6.07) is 1.86. The minimum absolute atomic E-state index is 0.212. The fourth-order valence-electron chi connectivity index (χ4n) is 1.60. The lowest BCUT2D eigenvalue weighted by Gasteiger charge is -1.99. The summed E-state index contributed by atoms with van der Waals surface area (Å²) in [5, 5.41) is 7.07. The summed E-state index contributed by atoms with van der Waals surface area (Å²) < 4.78 is 5.16. The predicted octanol–water partition coefficient (Wildman–Crippen LogP) is 1.84. The van der Waals surface area contributed by atoms with Crippen molar-refractivity contribution in [1.29, 1.82) is 0 Å². The highest BCUT2D eigenvalue weighted by Crippen LogP contribution is 2.14. The molecule has 1 amide bonds. The lowest BCUT2D eigenvalue weighted by molar-refractivity contribution is 0.0951. The predicted molar refractivity (Wildman–Crippen MR) is 72.7 cm³/mol. The van der Waals surface area contributed by atoms with E-state index in [2.05, 4.69) is 29.3 Å². The summed E-state index contributed by atoms with van der Waals surface area (Å²) in [6.07, 6.45) is 2.32. The van der Waals surface area contributed by atoms with Crippen LogP contribution in [0, 0.1) is 5.92 Å². The van der Waals surface area contributed by atoms with E-state index >= 15 is 0 Å². The van der Waals surface area contributed by atoms with Gasteiger partial charge in [-0.15, -0.1) is 0 Å². The minimum atomic E-state index is -0.212. The average Bonchev–Trinajstić information content (AvgIpc) is 2.94. The number of hydrogen-bond donors (Lipinski definition) is 2. The van der Waals surface area contributed by atoms with Gasteiger partial charge in [0.05, 0.1) is 18.4 Å². The molecule has 0 spiro atoms. The van der Waals surface area contributed by atoms with E-state index in [1.54, 1.807) is 0 Å². The van der Waals surface area contributed by atoms with Crippen LogP contribution in [0.15, 0.2) is 16.8 Å². The fourth-order valence-corrected chi connectivity index (χ4v) is 2.20. The van der Waals surface area contributed by atoms with Gasteiger partial charge in [0, 0.05) is 6.07 Å². The molecule has 0 saturated heterocycles. The number of nitrogen functional groups attached to an aromatic ring is 1. The maximum Gasteiger partial charge on any atom is 0.263 e. The second-order valence-corrected chi connectivity index (χ2v) is 5.69. The van der Waals surface area contributed by atoms with Crippen molar-refractivity contribution in [2.24, 2.45) is 5.92 Å². The summed E-state index contributed by atoms with van der Waals surface area (Å²) >= 11 is 1.15. The van der Waals surface area contributed by atoms with Crippen LogP contribution < -0.4 is 11.1 Å². The molecule has 6 nitrogen and oxygen atoms in total. The topological polar surface area (TPSA) is 94.0 Å². The molecule has 0 radical (unpaired) electrons. The van der Waals surface area contributed by atoms with Gasteiger partial charge in [-0.2, -0.15) is 0 Å². The number of thiazole rings is 1.